The van der Waals surface area contributed by atoms with E-state index in [9.17, 15) is 9.59 Å². The van der Waals surface area contributed by atoms with Gasteiger partial charge in [-0.25, -0.2) is 5.10 Å². The fraction of sp³-hybridized carbons (Fsp3) is 0.214. The van der Waals surface area contributed by atoms with Crippen molar-refractivity contribution in [3.05, 3.63) is 57.0 Å². The molecule has 1 aliphatic rings. The third-order valence-electron chi connectivity index (χ3n) is 3.30. The maximum Gasteiger partial charge on any atom is 0.278 e. The van der Waals surface area contributed by atoms with E-state index in [-0.39, 0.29) is 17.2 Å². The van der Waals surface area contributed by atoms with Crippen LogP contribution in [0.5, 0.6) is 0 Å². The average molecular weight is 290 g/mol. The average Bonchev–Trinajstić information content (AvgIpc) is 2.46. The van der Waals surface area contributed by atoms with Crippen molar-refractivity contribution < 1.29 is 4.79 Å². The Labute approximate surface area is 120 Å². The third kappa shape index (κ3) is 2.32. The van der Waals surface area contributed by atoms with Crippen LogP contribution in [0, 0.1) is 0 Å². The van der Waals surface area contributed by atoms with Crippen molar-refractivity contribution in [2.45, 2.75) is 12.8 Å². The lowest BCUT2D eigenvalue weighted by Crippen LogP contribution is -2.36. The van der Waals surface area contributed by atoms with Crippen molar-refractivity contribution in [2.75, 3.05) is 11.4 Å². The number of rotatable bonds is 1. The number of hydrogen-bond donors (Lipinski definition) is 1. The van der Waals surface area contributed by atoms with Gasteiger partial charge in [0.15, 0.2) is 0 Å². The molecule has 0 spiro atoms. The van der Waals surface area contributed by atoms with E-state index in [0.29, 0.717) is 11.6 Å². The molecule has 0 atom stereocenters. The zero-order valence-electron chi connectivity index (χ0n) is 10.6. The molecule has 1 N–H and O–H groups in total. The molecule has 0 saturated carbocycles. The topological polar surface area (TPSA) is 66.1 Å². The van der Waals surface area contributed by atoms with Crippen LogP contribution >= 0.6 is 11.6 Å². The Morgan fingerprint density at radius 1 is 1.30 bits per heavy atom. The van der Waals surface area contributed by atoms with Gasteiger partial charge in [0.05, 0.1) is 0 Å². The van der Waals surface area contributed by atoms with E-state index in [1.165, 1.54) is 12.1 Å². The fourth-order valence-electron chi connectivity index (χ4n) is 2.38. The van der Waals surface area contributed by atoms with E-state index >= 15 is 0 Å². The van der Waals surface area contributed by atoms with E-state index in [1.54, 1.807) is 11.0 Å². The molecule has 6 heteroatoms. The molecule has 3 rings (SSSR count). The Bertz CT molecular complexity index is 706. The summed E-state index contributed by atoms with van der Waals surface area (Å²) in [6, 6.07) is 8.24. The number of halogens is 1. The molecule has 0 radical (unpaired) electrons. The monoisotopic (exact) mass is 289 g/mol. The number of aromatic nitrogens is 2. The van der Waals surface area contributed by atoms with Crippen LogP contribution in [0.4, 0.5) is 5.69 Å². The Kier molecular flexibility index (Phi) is 3.28. The molecule has 2 aromatic rings. The van der Waals surface area contributed by atoms with E-state index in [0.717, 1.165) is 24.1 Å². The summed E-state index contributed by atoms with van der Waals surface area (Å²) in [6.45, 7) is 0.633. The highest BCUT2D eigenvalue weighted by molar-refractivity contribution is 6.30. The summed E-state index contributed by atoms with van der Waals surface area (Å²) in [5.74, 6) is -0.218. The van der Waals surface area contributed by atoms with Crippen molar-refractivity contribution in [1.29, 1.82) is 0 Å². The largest absolute Gasteiger partial charge is 0.307 e. The van der Waals surface area contributed by atoms with Crippen molar-refractivity contribution in [3.8, 4) is 0 Å². The molecule has 20 heavy (non-hydrogen) atoms. The molecular formula is C14H12ClN3O2. The van der Waals surface area contributed by atoms with E-state index in [1.807, 2.05) is 12.1 Å². The number of hydrogen-bond acceptors (Lipinski definition) is 3. The highest BCUT2D eigenvalue weighted by atomic mass is 35.5. The van der Waals surface area contributed by atoms with Crippen LogP contribution in [0.1, 0.15) is 22.5 Å². The summed E-state index contributed by atoms with van der Waals surface area (Å²) < 4.78 is 0. The van der Waals surface area contributed by atoms with Crippen LogP contribution in [0.25, 0.3) is 0 Å². The Hall–Kier alpha value is -2.14. The minimum absolute atomic E-state index is 0.218. The number of carbonyl (C=O) groups is 1. The van der Waals surface area contributed by atoms with Gasteiger partial charge in [-0.1, -0.05) is 11.6 Å². The highest BCUT2D eigenvalue weighted by Crippen LogP contribution is 2.30. The summed E-state index contributed by atoms with van der Waals surface area (Å²) in [5, 5.41) is 6.73. The van der Waals surface area contributed by atoms with Crippen molar-refractivity contribution in [1.82, 2.24) is 10.2 Å². The van der Waals surface area contributed by atoms with Crippen molar-refractivity contribution >= 4 is 23.2 Å². The number of benzene rings is 1. The van der Waals surface area contributed by atoms with E-state index in [4.69, 9.17) is 11.6 Å². The second-order valence-corrected chi connectivity index (χ2v) is 5.08. The number of nitrogens with one attached hydrogen (secondary N) is 1. The Morgan fingerprint density at radius 3 is 2.90 bits per heavy atom. The first-order valence-electron chi connectivity index (χ1n) is 6.31. The second-order valence-electron chi connectivity index (χ2n) is 4.64. The van der Waals surface area contributed by atoms with Crippen LogP contribution in [0.3, 0.4) is 0 Å². The van der Waals surface area contributed by atoms with Gasteiger partial charge in [-0.15, -0.1) is 0 Å². The molecule has 2 heterocycles. The van der Waals surface area contributed by atoms with E-state index in [2.05, 4.69) is 10.2 Å². The van der Waals surface area contributed by atoms with Crippen LogP contribution in [-0.4, -0.2) is 22.6 Å². The molecule has 0 aliphatic carbocycles. The molecule has 1 aromatic carbocycles. The van der Waals surface area contributed by atoms with Crippen molar-refractivity contribution in [3.63, 3.8) is 0 Å². The number of fused-ring (bicyclic) bond motifs is 1. The van der Waals surface area contributed by atoms with Gasteiger partial charge in [0.2, 0.25) is 0 Å². The van der Waals surface area contributed by atoms with Gasteiger partial charge in [0.1, 0.15) is 5.69 Å². The standard InChI is InChI=1S/C14H12ClN3O2/c15-10-3-5-12-9(8-10)2-1-7-18(12)14(20)11-4-6-13(19)17-16-11/h3-6,8H,1-2,7H2,(H,17,19). The zero-order chi connectivity index (χ0) is 14.1. The minimum atomic E-state index is -0.327. The molecule has 1 amide bonds. The number of H-pyrrole nitrogens is 1. The Morgan fingerprint density at radius 2 is 2.15 bits per heavy atom. The molecule has 1 aliphatic heterocycles. The minimum Gasteiger partial charge on any atom is -0.307 e. The smallest absolute Gasteiger partial charge is 0.278 e. The summed E-state index contributed by atoms with van der Waals surface area (Å²) >= 11 is 5.98. The molecule has 0 saturated heterocycles. The molecular weight excluding hydrogens is 278 g/mol. The number of aryl methyl sites for hydroxylation is 1. The van der Waals surface area contributed by atoms with Gasteiger partial charge in [0, 0.05) is 23.3 Å². The van der Waals surface area contributed by atoms with Crippen LogP contribution < -0.4 is 10.5 Å². The lowest BCUT2D eigenvalue weighted by molar-refractivity contribution is 0.0979. The predicted molar refractivity (Wildman–Crippen MR) is 76.3 cm³/mol. The third-order valence-corrected chi connectivity index (χ3v) is 3.54. The molecule has 5 nitrogen and oxygen atoms in total. The second kappa shape index (κ2) is 5.09. The number of carbonyl (C=O) groups excluding carboxylic acids is 1. The number of aromatic amines is 1. The van der Waals surface area contributed by atoms with Gasteiger partial charge in [-0.2, -0.15) is 5.10 Å². The summed E-state index contributed by atoms with van der Waals surface area (Å²) in [4.78, 5) is 25.1. The quantitative estimate of drug-likeness (QED) is 0.873. The summed E-state index contributed by atoms with van der Waals surface area (Å²) in [6.07, 6.45) is 1.78. The SMILES string of the molecule is O=C(c1ccc(=O)[nH]n1)N1CCCc2cc(Cl)ccc21. The van der Waals surface area contributed by atoms with Gasteiger partial charge < -0.3 is 4.90 Å². The lowest BCUT2D eigenvalue weighted by Gasteiger charge is -2.29. The lowest BCUT2D eigenvalue weighted by atomic mass is 10.0. The maximum absolute atomic E-state index is 12.5. The summed E-state index contributed by atoms with van der Waals surface area (Å²) in [5.41, 5.74) is 1.82. The predicted octanol–water partition coefficient (Wildman–Crippen LogP) is 2.02. The normalized spacial score (nSPS) is 13.9. The van der Waals surface area contributed by atoms with Gasteiger partial charge in [-0.3, -0.25) is 9.59 Å². The first-order chi connectivity index (χ1) is 9.65. The van der Waals surface area contributed by atoms with Gasteiger partial charge >= 0.3 is 0 Å². The van der Waals surface area contributed by atoms with Crippen LogP contribution in [0.15, 0.2) is 35.1 Å². The maximum atomic E-state index is 12.5. The summed E-state index contributed by atoms with van der Waals surface area (Å²) in [7, 11) is 0. The molecule has 102 valence electrons. The number of nitrogens with zero attached hydrogens (tertiary/aromatic N) is 2. The molecule has 1 aromatic heterocycles. The number of anilines is 1. The first-order valence-corrected chi connectivity index (χ1v) is 6.69. The molecule has 0 bridgehead atoms. The first kappa shape index (κ1) is 12.9. The highest BCUT2D eigenvalue weighted by Gasteiger charge is 2.24. The zero-order valence-corrected chi connectivity index (χ0v) is 11.4. The Balaban J connectivity index is 1.98. The van der Waals surface area contributed by atoms with E-state index < -0.39 is 0 Å². The molecule has 0 fully saturated rings. The van der Waals surface area contributed by atoms with Crippen molar-refractivity contribution in [2.24, 2.45) is 0 Å². The van der Waals surface area contributed by atoms with Gasteiger partial charge in [-0.05, 0) is 42.7 Å². The number of amides is 1. The van der Waals surface area contributed by atoms with Gasteiger partial charge in [0.25, 0.3) is 11.5 Å². The van der Waals surface area contributed by atoms with Crippen LogP contribution in [0.2, 0.25) is 5.02 Å². The fourth-order valence-corrected chi connectivity index (χ4v) is 2.57. The molecule has 0 unspecified atom stereocenters. The van der Waals surface area contributed by atoms with Crippen LogP contribution in [-0.2, 0) is 6.42 Å².